The second kappa shape index (κ2) is 7.45. The predicted octanol–water partition coefficient (Wildman–Crippen LogP) is 2.76. The number of aryl methyl sites for hydroxylation is 2. The Balaban J connectivity index is 1.72. The molecule has 1 aromatic heterocycles. The van der Waals surface area contributed by atoms with E-state index in [0.717, 1.165) is 16.7 Å². The molecule has 0 aliphatic heterocycles. The molecule has 2 rings (SSSR count). The summed E-state index contributed by atoms with van der Waals surface area (Å²) in [5, 5.41) is 2.60. The fourth-order valence-corrected chi connectivity index (χ4v) is 1.96. The van der Waals surface area contributed by atoms with Gasteiger partial charge in [-0.1, -0.05) is 23.8 Å². The van der Waals surface area contributed by atoms with Crippen LogP contribution in [0.3, 0.4) is 0 Å². The summed E-state index contributed by atoms with van der Waals surface area (Å²) >= 11 is 0. The Labute approximate surface area is 129 Å². The Morgan fingerprint density at radius 2 is 2.05 bits per heavy atom. The van der Waals surface area contributed by atoms with Crippen molar-refractivity contribution in [1.29, 1.82) is 0 Å². The summed E-state index contributed by atoms with van der Waals surface area (Å²) in [7, 11) is 0. The number of amides is 1. The molecule has 22 heavy (non-hydrogen) atoms. The first-order valence-electron chi connectivity index (χ1n) is 7.09. The smallest absolute Gasteiger partial charge is 0.307 e. The van der Waals surface area contributed by atoms with Crippen LogP contribution in [0.4, 0.5) is 0 Å². The monoisotopic (exact) mass is 301 g/mol. The van der Waals surface area contributed by atoms with Gasteiger partial charge in [0.25, 0.3) is 5.91 Å². The first-order valence-corrected chi connectivity index (χ1v) is 7.09. The first-order chi connectivity index (χ1) is 10.6. The maximum absolute atomic E-state index is 11.7. The molecule has 0 atom stereocenters. The Bertz CT molecular complexity index is 647. The van der Waals surface area contributed by atoms with Gasteiger partial charge >= 0.3 is 5.97 Å². The number of hydrogen-bond donors (Lipinski definition) is 1. The van der Waals surface area contributed by atoms with Gasteiger partial charge in [-0.25, -0.2) is 0 Å². The van der Waals surface area contributed by atoms with Gasteiger partial charge in [0.15, 0.2) is 5.76 Å². The molecule has 1 amide bonds. The highest BCUT2D eigenvalue weighted by atomic mass is 16.5. The summed E-state index contributed by atoms with van der Waals surface area (Å²) in [5.74, 6) is -0.461. The standard InChI is InChI=1S/C17H19NO4/c1-12-5-6-13(2)14(10-12)11-22-16(19)7-8-18-17(20)15-4-3-9-21-15/h3-6,9-10H,7-8,11H2,1-2H3,(H,18,20). The summed E-state index contributed by atoms with van der Waals surface area (Å²) in [6, 6.07) is 9.22. The quantitative estimate of drug-likeness (QED) is 0.833. The maximum atomic E-state index is 11.7. The minimum atomic E-state index is -0.347. The Kier molecular flexibility index (Phi) is 5.36. The fraction of sp³-hybridized carbons (Fsp3) is 0.294. The molecule has 2 aromatic rings. The van der Waals surface area contributed by atoms with E-state index in [-0.39, 0.29) is 37.2 Å². The van der Waals surface area contributed by atoms with Crippen molar-refractivity contribution in [1.82, 2.24) is 5.32 Å². The van der Waals surface area contributed by atoms with Crippen molar-refractivity contribution in [2.45, 2.75) is 26.9 Å². The molecular formula is C17H19NO4. The molecule has 0 spiro atoms. The predicted molar refractivity (Wildman–Crippen MR) is 81.4 cm³/mol. The molecule has 0 aliphatic carbocycles. The highest BCUT2D eigenvalue weighted by Gasteiger charge is 2.10. The van der Waals surface area contributed by atoms with Gasteiger partial charge in [-0.05, 0) is 37.1 Å². The molecule has 1 heterocycles. The van der Waals surface area contributed by atoms with Crippen molar-refractivity contribution >= 4 is 11.9 Å². The molecule has 5 heteroatoms. The van der Waals surface area contributed by atoms with Crippen LogP contribution in [0.25, 0.3) is 0 Å². The summed E-state index contributed by atoms with van der Waals surface area (Å²) in [6.45, 7) is 4.44. The topological polar surface area (TPSA) is 68.5 Å². The van der Waals surface area contributed by atoms with Crippen LogP contribution in [0.5, 0.6) is 0 Å². The molecule has 116 valence electrons. The van der Waals surface area contributed by atoms with E-state index in [1.54, 1.807) is 12.1 Å². The zero-order valence-electron chi connectivity index (χ0n) is 12.7. The molecule has 0 unspecified atom stereocenters. The summed E-state index contributed by atoms with van der Waals surface area (Å²) in [5.41, 5.74) is 3.21. The van der Waals surface area contributed by atoms with E-state index < -0.39 is 0 Å². The third-order valence-corrected chi connectivity index (χ3v) is 3.25. The average molecular weight is 301 g/mol. The molecule has 5 nitrogen and oxygen atoms in total. The normalized spacial score (nSPS) is 10.3. The third kappa shape index (κ3) is 4.48. The lowest BCUT2D eigenvalue weighted by molar-refractivity contribution is -0.144. The maximum Gasteiger partial charge on any atom is 0.307 e. The number of furan rings is 1. The first kappa shape index (κ1) is 15.8. The number of rotatable bonds is 6. The molecule has 0 saturated carbocycles. The zero-order chi connectivity index (χ0) is 15.9. The van der Waals surface area contributed by atoms with E-state index in [9.17, 15) is 9.59 Å². The van der Waals surface area contributed by atoms with Crippen molar-refractivity contribution in [2.75, 3.05) is 6.54 Å². The van der Waals surface area contributed by atoms with Gasteiger partial charge in [-0.3, -0.25) is 9.59 Å². The number of esters is 1. The number of benzene rings is 1. The van der Waals surface area contributed by atoms with Crippen LogP contribution in [0.2, 0.25) is 0 Å². The SMILES string of the molecule is Cc1ccc(C)c(COC(=O)CCNC(=O)c2ccco2)c1. The number of nitrogens with one attached hydrogen (secondary N) is 1. The van der Waals surface area contributed by atoms with E-state index in [0.29, 0.717) is 0 Å². The molecular weight excluding hydrogens is 282 g/mol. The van der Waals surface area contributed by atoms with Gasteiger partial charge in [0.1, 0.15) is 6.61 Å². The second-order valence-electron chi connectivity index (χ2n) is 5.07. The third-order valence-electron chi connectivity index (χ3n) is 3.25. The number of carbonyl (C=O) groups is 2. The zero-order valence-corrected chi connectivity index (χ0v) is 12.7. The van der Waals surface area contributed by atoms with Gasteiger partial charge < -0.3 is 14.5 Å². The average Bonchev–Trinajstić information content (AvgIpc) is 3.02. The second-order valence-corrected chi connectivity index (χ2v) is 5.07. The molecule has 0 aliphatic rings. The van der Waals surface area contributed by atoms with Crippen LogP contribution in [0.15, 0.2) is 41.0 Å². The number of hydrogen-bond acceptors (Lipinski definition) is 4. The van der Waals surface area contributed by atoms with Crippen LogP contribution in [-0.4, -0.2) is 18.4 Å². The minimum Gasteiger partial charge on any atom is -0.461 e. The van der Waals surface area contributed by atoms with Crippen molar-refractivity contribution in [3.05, 3.63) is 59.0 Å². The molecule has 0 radical (unpaired) electrons. The molecule has 1 N–H and O–H groups in total. The van der Waals surface area contributed by atoms with Crippen molar-refractivity contribution in [3.63, 3.8) is 0 Å². The van der Waals surface area contributed by atoms with Gasteiger partial charge in [0.05, 0.1) is 12.7 Å². The van der Waals surface area contributed by atoms with Crippen LogP contribution in [0, 0.1) is 13.8 Å². The lowest BCUT2D eigenvalue weighted by atomic mass is 10.1. The van der Waals surface area contributed by atoms with Crippen molar-refractivity contribution in [2.24, 2.45) is 0 Å². The summed E-state index contributed by atoms with van der Waals surface area (Å²) < 4.78 is 10.2. The Morgan fingerprint density at radius 1 is 1.23 bits per heavy atom. The van der Waals surface area contributed by atoms with E-state index in [1.165, 1.54) is 6.26 Å². The van der Waals surface area contributed by atoms with E-state index in [1.807, 2.05) is 32.0 Å². The number of ether oxygens (including phenoxy) is 1. The summed E-state index contributed by atoms with van der Waals surface area (Å²) in [4.78, 5) is 23.3. The highest BCUT2D eigenvalue weighted by Crippen LogP contribution is 2.12. The largest absolute Gasteiger partial charge is 0.461 e. The van der Waals surface area contributed by atoms with Crippen LogP contribution >= 0.6 is 0 Å². The van der Waals surface area contributed by atoms with Gasteiger partial charge in [0.2, 0.25) is 0 Å². The highest BCUT2D eigenvalue weighted by molar-refractivity contribution is 5.91. The van der Waals surface area contributed by atoms with Gasteiger partial charge in [-0.2, -0.15) is 0 Å². The minimum absolute atomic E-state index is 0.122. The van der Waals surface area contributed by atoms with E-state index >= 15 is 0 Å². The van der Waals surface area contributed by atoms with Crippen LogP contribution in [0.1, 0.15) is 33.7 Å². The van der Waals surface area contributed by atoms with E-state index in [2.05, 4.69) is 5.32 Å². The van der Waals surface area contributed by atoms with Gasteiger partial charge in [-0.15, -0.1) is 0 Å². The van der Waals surface area contributed by atoms with Crippen molar-refractivity contribution in [3.8, 4) is 0 Å². The Hall–Kier alpha value is -2.56. The fourth-order valence-electron chi connectivity index (χ4n) is 1.96. The van der Waals surface area contributed by atoms with Crippen molar-refractivity contribution < 1.29 is 18.7 Å². The van der Waals surface area contributed by atoms with E-state index in [4.69, 9.17) is 9.15 Å². The summed E-state index contributed by atoms with van der Waals surface area (Å²) in [6.07, 6.45) is 1.55. The Morgan fingerprint density at radius 3 is 2.77 bits per heavy atom. The molecule has 0 fully saturated rings. The van der Waals surface area contributed by atoms with Crippen LogP contribution in [-0.2, 0) is 16.1 Å². The van der Waals surface area contributed by atoms with Crippen LogP contribution < -0.4 is 5.32 Å². The number of carbonyl (C=O) groups excluding carboxylic acids is 2. The molecule has 0 saturated heterocycles. The lowest BCUT2D eigenvalue weighted by Gasteiger charge is -2.09. The lowest BCUT2D eigenvalue weighted by Crippen LogP contribution is -2.26. The molecule has 0 bridgehead atoms. The van der Waals surface area contributed by atoms with Gasteiger partial charge in [0, 0.05) is 6.54 Å². The molecule has 1 aromatic carbocycles.